The van der Waals surface area contributed by atoms with Crippen LogP contribution in [0.2, 0.25) is 0 Å². The first-order valence-electron chi connectivity index (χ1n) is 5.05. The number of nitrogens with one attached hydrogen (secondary N) is 1. The predicted molar refractivity (Wildman–Crippen MR) is 57.0 cm³/mol. The van der Waals surface area contributed by atoms with Crippen molar-refractivity contribution in [1.82, 2.24) is 10.3 Å². The van der Waals surface area contributed by atoms with Gasteiger partial charge in [0.25, 0.3) is 0 Å². The monoisotopic (exact) mass is 194 g/mol. The Morgan fingerprint density at radius 1 is 1.57 bits per heavy atom. The average molecular weight is 194 g/mol. The van der Waals surface area contributed by atoms with Gasteiger partial charge in [-0.25, -0.2) is 0 Å². The van der Waals surface area contributed by atoms with E-state index in [0.29, 0.717) is 12.6 Å². The molecule has 78 valence electrons. The molecule has 0 radical (unpaired) electrons. The zero-order valence-corrected chi connectivity index (χ0v) is 8.77. The molecule has 0 saturated heterocycles. The molecule has 0 spiro atoms. The molecule has 14 heavy (non-hydrogen) atoms. The maximum absolute atomic E-state index is 9.76. The highest BCUT2D eigenvalue weighted by Crippen LogP contribution is 2.09. The minimum atomic E-state index is -0.460. The first kappa shape index (κ1) is 11.1. The van der Waals surface area contributed by atoms with E-state index in [0.717, 1.165) is 12.0 Å². The Morgan fingerprint density at radius 3 is 2.93 bits per heavy atom. The third-order valence-corrected chi connectivity index (χ3v) is 2.34. The molecule has 0 bridgehead atoms. The first-order chi connectivity index (χ1) is 6.74. The number of hydrogen-bond acceptors (Lipinski definition) is 3. The minimum Gasteiger partial charge on any atom is -0.387 e. The van der Waals surface area contributed by atoms with Crippen molar-refractivity contribution in [2.24, 2.45) is 0 Å². The van der Waals surface area contributed by atoms with E-state index in [2.05, 4.69) is 24.1 Å². The van der Waals surface area contributed by atoms with Crippen LogP contribution in [0.1, 0.15) is 31.9 Å². The quantitative estimate of drug-likeness (QED) is 0.746. The van der Waals surface area contributed by atoms with Gasteiger partial charge in [-0.2, -0.15) is 0 Å². The summed E-state index contributed by atoms with van der Waals surface area (Å²) in [5, 5.41) is 13.0. The van der Waals surface area contributed by atoms with Gasteiger partial charge in [0, 0.05) is 30.5 Å². The van der Waals surface area contributed by atoms with Gasteiger partial charge in [-0.3, -0.25) is 4.98 Å². The number of aliphatic hydroxyl groups excluding tert-OH is 1. The van der Waals surface area contributed by atoms with Gasteiger partial charge in [-0.05, 0) is 19.4 Å². The standard InChI is InChI=1S/C11H18N2O/c1-3-9(2)13-8-11(14)10-5-4-6-12-7-10/h4-7,9,11,13-14H,3,8H2,1-2H3. The van der Waals surface area contributed by atoms with Crippen molar-refractivity contribution in [1.29, 1.82) is 0 Å². The van der Waals surface area contributed by atoms with Gasteiger partial charge in [-0.15, -0.1) is 0 Å². The fourth-order valence-electron chi connectivity index (χ4n) is 1.15. The second-order valence-corrected chi connectivity index (χ2v) is 3.52. The van der Waals surface area contributed by atoms with Crippen molar-refractivity contribution in [3.05, 3.63) is 30.1 Å². The molecule has 0 aromatic carbocycles. The maximum atomic E-state index is 9.76. The maximum Gasteiger partial charge on any atom is 0.0929 e. The van der Waals surface area contributed by atoms with Gasteiger partial charge in [0.05, 0.1) is 6.10 Å². The van der Waals surface area contributed by atoms with Gasteiger partial charge in [-0.1, -0.05) is 13.0 Å². The van der Waals surface area contributed by atoms with E-state index in [1.807, 2.05) is 12.1 Å². The van der Waals surface area contributed by atoms with Crippen LogP contribution in [0.25, 0.3) is 0 Å². The molecule has 1 aromatic heterocycles. The Kier molecular flexibility index (Phi) is 4.56. The molecular weight excluding hydrogens is 176 g/mol. The summed E-state index contributed by atoms with van der Waals surface area (Å²) in [7, 11) is 0. The second kappa shape index (κ2) is 5.73. The number of aliphatic hydroxyl groups is 1. The highest BCUT2D eigenvalue weighted by Gasteiger charge is 2.07. The van der Waals surface area contributed by atoms with Crippen LogP contribution < -0.4 is 5.32 Å². The predicted octanol–water partition coefficient (Wildman–Crippen LogP) is 1.50. The van der Waals surface area contributed by atoms with Crippen molar-refractivity contribution in [3.63, 3.8) is 0 Å². The topological polar surface area (TPSA) is 45.1 Å². The zero-order valence-electron chi connectivity index (χ0n) is 8.77. The number of rotatable bonds is 5. The molecule has 1 aromatic rings. The third kappa shape index (κ3) is 3.44. The van der Waals surface area contributed by atoms with Crippen LogP contribution in [-0.2, 0) is 0 Å². The largest absolute Gasteiger partial charge is 0.387 e. The van der Waals surface area contributed by atoms with Crippen molar-refractivity contribution < 1.29 is 5.11 Å². The van der Waals surface area contributed by atoms with Crippen molar-refractivity contribution in [2.45, 2.75) is 32.4 Å². The van der Waals surface area contributed by atoms with E-state index in [1.54, 1.807) is 12.4 Å². The third-order valence-electron chi connectivity index (χ3n) is 2.34. The molecule has 0 aliphatic rings. The number of nitrogens with zero attached hydrogens (tertiary/aromatic N) is 1. The van der Waals surface area contributed by atoms with Crippen molar-refractivity contribution >= 4 is 0 Å². The molecule has 0 amide bonds. The molecule has 0 aliphatic heterocycles. The van der Waals surface area contributed by atoms with Crippen molar-refractivity contribution in [2.75, 3.05) is 6.54 Å². The van der Waals surface area contributed by atoms with E-state index in [9.17, 15) is 5.11 Å². The molecule has 3 heteroatoms. The highest BCUT2D eigenvalue weighted by atomic mass is 16.3. The molecule has 3 nitrogen and oxygen atoms in total. The molecule has 0 aliphatic carbocycles. The Balaban J connectivity index is 2.39. The fourth-order valence-corrected chi connectivity index (χ4v) is 1.15. The summed E-state index contributed by atoms with van der Waals surface area (Å²) >= 11 is 0. The van der Waals surface area contributed by atoms with Crippen LogP contribution in [0.15, 0.2) is 24.5 Å². The summed E-state index contributed by atoms with van der Waals surface area (Å²) in [4.78, 5) is 3.97. The van der Waals surface area contributed by atoms with Crippen LogP contribution in [0.3, 0.4) is 0 Å². The smallest absolute Gasteiger partial charge is 0.0929 e. The van der Waals surface area contributed by atoms with E-state index < -0.39 is 6.10 Å². The minimum absolute atomic E-state index is 0.446. The summed E-state index contributed by atoms with van der Waals surface area (Å²) < 4.78 is 0. The molecular formula is C11H18N2O. The zero-order chi connectivity index (χ0) is 10.4. The Bertz CT molecular complexity index is 251. The average Bonchev–Trinajstić information content (AvgIpc) is 2.26. The van der Waals surface area contributed by atoms with Crippen LogP contribution in [0.4, 0.5) is 0 Å². The van der Waals surface area contributed by atoms with E-state index in [-0.39, 0.29) is 0 Å². The van der Waals surface area contributed by atoms with Gasteiger partial charge in [0.2, 0.25) is 0 Å². The van der Waals surface area contributed by atoms with Crippen LogP contribution in [0.5, 0.6) is 0 Å². The SMILES string of the molecule is CCC(C)NCC(O)c1cccnc1. The highest BCUT2D eigenvalue weighted by molar-refractivity contribution is 5.11. The number of pyridine rings is 1. The summed E-state index contributed by atoms with van der Waals surface area (Å²) in [5.41, 5.74) is 0.864. The summed E-state index contributed by atoms with van der Waals surface area (Å²) in [6.45, 7) is 4.81. The van der Waals surface area contributed by atoms with E-state index in [4.69, 9.17) is 0 Å². The van der Waals surface area contributed by atoms with Gasteiger partial charge >= 0.3 is 0 Å². The molecule has 1 rings (SSSR count). The molecule has 2 N–H and O–H groups in total. The van der Waals surface area contributed by atoms with Crippen LogP contribution in [-0.4, -0.2) is 22.7 Å². The molecule has 1 heterocycles. The van der Waals surface area contributed by atoms with E-state index in [1.165, 1.54) is 0 Å². The molecule has 2 unspecified atom stereocenters. The lowest BCUT2D eigenvalue weighted by Gasteiger charge is -2.15. The lowest BCUT2D eigenvalue weighted by atomic mass is 10.1. The lowest BCUT2D eigenvalue weighted by molar-refractivity contribution is 0.170. The summed E-state index contributed by atoms with van der Waals surface area (Å²) in [6.07, 6.45) is 4.01. The first-order valence-corrected chi connectivity index (χ1v) is 5.05. The second-order valence-electron chi connectivity index (χ2n) is 3.52. The molecule has 2 atom stereocenters. The van der Waals surface area contributed by atoms with Crippen LogP contribution in [0, 0.1) is 0 Å². The molecule has 0 saturated carbocycles. The normalized spacial score (nSPS) is 15.1. The van der Waals surface area contributed by atoms with Gasteiger partial charge < -0.3 is 10.4 Å². The Morgan fingerprint density at radius 2 is 2.36 bits per heavy atom. The Labute approximate surface area is 85.2 Å². The van der Waals surface area contributed by atoms with E-state index >= 15 is 0 Å². The van der Waals surface area contributed by atoms with Crippen LogP contribution >= 0.6 is 0 Å². The van der Waals surface area contributed by atoms with Crippen molar-refractivity contribution in [3.8, 4) is 0 Å². The fraction of sp³-hybridized carbons (Fsp3) is 0.545. The number of aromatic nitrogens is 1. The summed E-state index contributed by atoms with van der Waals surface area (Å²) in [6, 6.07) is 4.17. The van der Waals surface area contributed by atoms with Gasteiger partial charge in [0.1, 0.15) is 0 Å². The lowest BCUT2D eigenvalue weighted by Crippen LogP contribution is -2.29. The Hall–Kier alpha value is -0.930. The van der Waals surface area contributed by atoms with Gasteiger partial charge in [0.15, 0.2) is 0 Å². The number of hydrogen-bond donors (Lipinski definition) is 2. The summed E-state index contributed by atoms with van der Waals surface area (Å²) in [5.74, 6) is 0. The molecule has 0 fully saturated rings.